The first-order valence-corrected chi connectivity index (χ1v) is 7.30. The molecule has 1 saturated carbocycles. The first-order valence-electron chi connectivity index (χ1n) is 7.30. The van der Waals surface area contributed by atoms with Crippen LogP contribution < -0.4 is 5.32 Å². The molecular weight excluding hydrogens is 249 g/mol. The normalized spacial score (nSPS) is 16.1. The predicted octanol–water partition coefficient (Wildman–Crippen LogP) is 4.55. The molecule has 1 atom stereocenters. The third-order valence-electron chi connectivity index (χ3n) is 4.02. The van der Waals surface area contributed by atoms with Crippen LogP contribution in [-0.2, 0) is 6.54 Å². The van der Waals surface area contributed by atoms with Crippen LogP contribution in [0.5, 0.6) is 0 Å². The summed E-state index contributed by atoms with van der Waals surface area (Å²) in [5.41, 5.74) is 3.85. The van der Waals surface area contributed by atoms with E-state index in [0.29, 0.717) is 0 Å². The van der Waals surface area contributed by atoms with E-state index in [1.54, 1.807) is 12.1 Å². The third kappa shape index (κ3) is 3.07. The van der Waals surface area contributed by atoms with Gasteiger partial charge in [-0.05, 0) is 54.5 Å². The van der Waals surface area contributed by atoms with Crippen molar-refractivity contribution in [1.29, 1.82) is 0 Å². The molecule has 0 aliphatic heterocycles. The Morgan fingerprint density at radius 1 is 1.15 bits per heavy atom. The van der Waals surface area contributed by atoms with Crippen LogP contribution in [0.2, 0.25) is 0 Å². The zero-order valence-electron chi connectivity index (χ0n) is 11.8. The first kappa shape index (κ1) is 13.3. The summed E-state index contributed by atoms with van der Waals surface area (Å²) in [7, 11) is 0. The zero-order chi connectivity index (χ0) is 13.9. The molecule has 20 heavy (non-hydrogen) atoms. The van der Waals surface area contributed by atoms with Crippen LogP contribution in [0.1, 0.15) is 48.4 Å². The standard InChI is InChI=1S/C18H20FN/c1-13(15-6-4-7-17(19)11-15)20-12-16-5-2-3-8-18(16)14-9-10-14/h2-8,11,13-14,20H,9-10,12H2,1H3. The SMILES string of the molecule is CC(NCc1ccccc1C1CC1)c1cccc(F)c1. The Hall–Kier alpha value is -1.67. The number of halogens is 1. The summed E-state index contributed by atoms with van der Waals surface area (Å²) in [5, 5.41) is 3.50. The molecule has 2 aromatic rings. The smallest absolute Gasteiger partial charge is 0.123 e. The summed E-state index contributed by atoms with van der Waals surface area (Å²) < 4.78 is 13.2. The molecule has 1 fully saturated rings. The van der Waals surface area contributed by atoms with E-state index >= 15 is 0 Å². The summed E-state index contributed by atoms with van der Waals surface area (Å²) in [6.45, 7) is 2.92. The molecule has 1 N–H and O–H groups in total. The zero-order valence-corrected chi connectivity index (χ0v) is 11.8. The number of benzene rings is 2. The Morgan fingerprint density at radius 3 is 2.70 bits per heavy atom. The van der Waals surface area contributed by atoms with Gasteiger partial charge in [-0.3, -0.25) is 0 Å². The van der Waals surface area contributed by atoms with Crippen LogP contribution in [0.4, 0.5) is 4.39 Å². The Labute approximate surface area is 119 Å². The van der Waals surface area contributed by atoms with Gasteiger partial charge in [0.25, 0.3) is 0 Å². The highest BCUT2D eigenvalue weighted by atomic mass is 19.1. The molecule has 1 nitrogen and oxygen atoms in total. The van der Waals surface area contributed by atoms with E-state index < -0.39 is 0 Å². The van der Waals surface area contributed by atoms with Crippen molar-refractivity contribution in [2.75, 3.05) is 0 Å². The highest BCUT2D eigenvalue weighted by molar-refractivity contribution is 5.33. The summed E-state index contributed by atoms with van der Waals surface area (Å²) in [6.07, 6.45) is 2.63. The largest absolute Gasteiger partial charge is 0.306 e. The second kappa shape index (κ2) is 5.76. The Balaban J connectivity index is 1.67. The molecule has 104 valence electrons. The van der Waals surface area contributed by atoms with E-state index in [4.69, 9.17) is 0 Å². The van der Waals surface area contributed by atoms with Crippen LogP contribution >= 0.6 is 0 Å². The lowest BCUT2D eigenvalue weighted by Gasteiger charge is -2.16. The van der Waals surface area contributed by atoms with Crippen molar-refractivity contribution in [2.45, 2.75) is 38.3 Å². The fraction of sp³-hybridized carbons (Fsp3) is 0.333. The van der Waals surface area contributed by atoms with Crippen molar-refractivity contribution >= 4 is 0 Å². The van der Waals surface area contributed by atoms with Gasteiger partial charge in [0.1, 0.15) is 5.82 Å². The molecular formula is C18H20FN. The number of hydrogen-bond donors (Lipinski definition) is 1. The third-order valence-corrected chi connectivity index (χ3v) is 4.02. The molecule has 0 amide bonds. The highest BCUT2D eigenvalue weighted by Gasteiger charge is 2.25. The number of rotatable bonds is 5. The maximum absolute atomic E-state index is 13.2. The maximum atomic E-state index is 13.2. The van der Waals surface area contributed by atoms with E-state index in [9.17, 15) is 4.39 Å². The number of hydrogen-bond acceptors (Lipinski definition) is 1. The van der Waals surface area contributed by atoms with Crippen molar-refractivity contribution in [3.63, 3.8) is 0 Å². The van der Waals surface area contributed by atoms with Gasteiger partial charge < -0.3 is 5.32 Å². The molecule has 0 spiro atoms. The van der Waals surface area contributed by atoms with Gasteiger partial charge in [0.15, 0.2) is 0 Å². The summed E-state index contributed by atoms with van der Waals surface area (Å²) >= 11 is 0. The van der Waals surface area contributed by atoms with Crippen LogP contribution in [0.15, 0.2) is 48.5 Å². The molecule has 0 saturated heterocycles. The molecule has 1 aliphatic rings. The van der Waals surface area contributed by atoms with Gasteiger partial charge in [0, 0.05) is 12.6 Å². The van der Waals surface area contributed by atoms with Crippen LogP contribution in [-0.4, -0.2) is 0 Å². The average Bonchev–Trinajstić information content (AvgIpc) is 3.29. The quantitative estimate of drug-likeness (QED) is 0.839. The molecule has 2 heteroatoms. The van der Waals surface area contributed by atoms with Gasteiger partial charge in [0.05, 0.1) is 0 Å². The van der Waals surface area contributed by atoms with Gasteiger partial charge in [-0.15, -0.1) is 0 Å². The van der Waals surface area contributed by atoms with Crippen molar-refractivity contribution in [3.8, 4) is 0 Å². The molecule has 0 heterocycles. The van der Waals surface area contributed by atoms with Gasteiger partial charge in [-0.2, -0.15) is 0 Å². The van der Waals surface area contributed by atoms with Crippen LogP contribution in [0.3, 0.4) is 0 Å². The monoisotopic (exact) mass is 269 g/mol. The molecule has 0 radical (unpaired) electrons. The van der Waals surface area contributed by atoms with Gasteiger partial charge in [-0.25, -0.2) is 4.39 Å². The van der Waals surface area contributed by atoms with E-state index in [1.807, 2.05) is 6.07 Å². The minimum absolute atomic E-state index is 0.151. The lowest BCUT2D eigenvalue weighted by molar-refractivity contribution is 0.563. The lowest BCUT2D eigenvalue weighted by Crippen LogP contribution is -2.19. The minimum atomic E-state index is -0.172. The van der Waals surface area contributed by atoms with Crippen molar-refractivity contribution in [3.05, 3.63) is 71.0 Å². The summed E-state index contributed by atoms with van der Waals surface area (Å²) in [6, 6.07) is 15.6. The summed E-state index contributed by atoms with van der Waals surface area (Å²) in [4.78, 5) is 0. The first-order chi connectivity index (χ1) is 9.74. The Bertz CT molecular complexity index is 589. The molecule has 2 aromatic carbocycles. The predicted molar refractivity (Wildman–Crippen MR) is 80.1 cm³/mol. The van der Waals surface area contributed by atoms with E-state index in [-0.39, 0.29) is 11.9 Å². The molecule has 0 bridgehead atoms. The maximum Gasteiger partial charge on any atom is 0.123 e. The molecule has 0 aromatic heterocycles. The van der Waals surface area contributed by atoms with Crippen LogP contribution in [0.25, 0.3) is 0 Å². The van der Waals surface area contributed by atoms with Crippen molar-refractivity contribution < 1.29 is 4.39 Å². The topological polar surface area (TPSA) is 12.0 Å². The minimum Gasteiger partial charge on any atom is -0.306 e. The fourth-order valence-corrected chi connectivity index (χ4v) is 2.64. The second-order valence-corrected chi connectivity index (χ2v) is 5.63. The second-order valence-electron chi connectivity index (χ2n) is 5.63. The van der Waals surface area contributed by atoms with E-state index in [2.05, 4.69) is 36.5 Å². The molecule has 1 aliphatic carbocycles. The van der Waals surface area contributed by atoms with E-state index in [0.717, 1.165) is 18.0 Å². The Kier molecular flexibility index (Phi) is 3.83. The molecule has 3 rings (SSSR count). The lowest BCUT2D eigenvalue weighted by atomic mass is 10.0. The van der Waals surface area contributed by atoms with Crippen molar-refractivity contribution in [1.82, 2.24) is 5.32 Å². The highest BCUT2D eigenvalue weighted by Crippen LogP contribution is 2.41. The number of nitrogens with one attached hydrogen (secondary N) is 1. The van der Waals surface area contributed by atoms with Gasteiger partial charge >= 0.3 is 0 Å². The van der Waals surface area contributed by atoms with Gasteiger partial charge in [-0.1, -0.05) is 36.4 Å². The average molecular weight is 269 g/mol. The van der Waals surface area contributed by atoms with Gasteiger partial charge in [0.2, 0.25) is 0 Å². The van der Waals surface area contributed by atoms with Crippen molar-refractivity contribution in [2.24, 2.45) is 0 Å². The molecule has 1 unspecified atom stereocenters. The summed E-state index contributed by atoms with van der Waals surface area (Å²) in [5.74, 6) is 0.590. The van der Waals surface area contributed by atoms with E-state index in [1.165, 1.54) is 30.0 Å². The van der Waals surface area contributed by atoms with Crippen LogP contribution in [0, 0.1) is 5.82 Å². The fourth-order valence-electron chi connectivity index (χ4n) is 2.64. The Morgan fingerprint density at radius 2 is 1.95 bits per heavy atom.